The van der Waals surface area contributed by atoms with E-state index in [9.17, 15) is 9.59 Å². The number of thiazole rings is 1. The van der Waals surface area contributed by atoms with Crippen LogP contribution in [0.25, 0.3) is 0 Å². The molecule has 0 fully saturated rings. The largest absolute Gasteiger partial charge is 0.461 e. The van der Waals surface area contributed by atoms with E-state index in [1.165, 1.54) is 0 Å². The maximum atomic E-state index is 12.1. The van der Waals surface area contributed by atoms with Gasteiger partial charge in [0.1, 0.15) is 5.69 Å². The molecule has 0 N–H and O–H groups in total. The Hall–Kier alpha value is -1.69. The highest BCUT2D eigenvalue weighted by atomic mass is 32.1. The molecule has 1 aromatic heterocycles. The lowest BCUT2D eigenvalue weighted by Crippen LogP contribution is -2.34. The Morgan fingerprint density at radius 2 is 2.33 bits per heavy atom. The topological polar surface area (TPSA) is 59.5 Å². The van der Waals surface area contributed by atoms with Crippen LogP contribution in [0.15, 0.2) is 17.5 Å². The van der Waals surface area contributed by atoms with E-state index in [0.29, 0.717) is 25.4 Å². The van der Waals surface area contributed by atoms with Crippen LogP contribution >= 0.6 is 11.3 Å². The minimum absolute atomic E-state index is 0.133. The first-order valence-corrected chi connectivity index (χ1v) is 6.67. The summed E-state index contributed by atoms with van der Waals surface area (Å²) < 4.78 is 4.84. The van der Waals surface area contributed by atoms with Crippen molar-refractivity contribution in [3.63, 3.8) is 0 Å². The normalized spacial score (nSPS) is 14.6. The maximum Gasteiger partial charge on any atom is 0.367 e. The average Bonchev–Trinajstić information content (AvgIpc) is 2.89. The molecular formula is C12H14N2O3S. The molecule has 2 heterocycles. The Balaban J connectivity index is 2.07. The lowest BCUT2D eigenvalue weighted by molar-refractivity contribution is 0.0526. The molecule has 6 heteroatoms. The lowest BCUT2D eigenvalue weighted by Gasteiger charge is -2.22. The number of hydrogen-bond acceptors (Lipinski definition) is 5. The van der Waals surface area contributed by atoms with E-state index >= 15 is 0 Å². The summed E-state index contributed by atoms with van der Waals surface area (Å²) in [7, 11) is 0. The van der Waals surface area contributed by atoms with Gasteiger partial charge in [-0.25, -0.2) is 9.78 Å². The van der Waals surface area contributed by atoms with Crippen molar-refractivity contribution in [3.05, 3.63) is 28.2 Å². The quantitative estimate of drug-likeness (QED) is 0.617. The summed E-state index contributed by atoms with van der Waals surface area (Å²) in [6.45, 7) is 3.34. The summed E-state index contributed by atoms with van der Waals surface area (Å²) in [6, 6.07) is 0. The van der Waals surface area contributed by atoms with E-state index in [2.05, 4.69) is 11.1 Å². The van der Waals surface area contributed by atoms with Crippen molar-refractivity contribution in [1.29, 1.82) is 0 Å². The molecule has 5 nitrogen and oxygen atoms in total. The van der Waals surface area contributed by atoms with Gasteiger partial charge in [-0.3, -0.25) is 4.79 Å². The zero-order chi connectivity index (χ0) is 13.0. The summed E-state index contributed by atoms with van der Waals surface area (Å²) in [5, 5.41) is 1.83. The van der Waals surface area contributed by atoms with E-state index in [4.69, 9.17) is 4.74 Å². The van der Waals surface area contributed by atoms with E-state index < -0.39 is 5.97 Å². The SMILES string of the molecule is CCOC(=O)c1nc(C(=O)N2CC=CCC2)cs1. The number of nitrogens with zero attached hydrogens (tertiary/aromatic N) is 2. The first kappa shape index (κ1) is 12.8. The van der Waals surface area contributed by atoms with E-state index in [0.717, 1.165) is 17.8 Å². The molecule has 1 amide bonds. The fourth-order valence-corrected chi connectivity index (χ4v) is 2.33. The second kappa shape index (κ2) is 5.77. The zero-order valence-electron chi connectivity index (χ0n) is 10.1. The second-order valence-electron chi connectivity index (χ2n) is 3.77. The molecular weight excluding hydrogens is 252 g/mol. The molecule has 0 bridgehead atoms. The molecule has 0 saturated carbocycles. The highest BCUT2D eigenvalue weighted by Crippen LogP contribution is 2.14. The Morgan fingerprint density at radius 3 is 3.00 bits per heavy atom. The van der Waals surface area contributed by atoms with Gasteiger partial charge in [-0.15, -0.1) is 11.3 Å². The molecule has 1 aromatic rings. The molecule has 96 valence electrons. The summed E-state index contributed by atoms with van der Waals surface area (Å²) in [6.07, 6.45) is 4.87. The van der Waals surface area contributed by atoms with Crippen LogP contribution < -0.4 is 0 Å². The highest BCUT2D eigenvalue weighted by Gasteiger charge is 2.21. The minimum Gasteiger partial charge on any atom is -0.461 e. The second-order valence-corrected chi connectivity index (χ2v) is 4.63. The number of carbonyl (C=O) groups is 2. The molecule has 18 heavy (non-hydrogen) atoms. The first-order chi connectivity index (χ1) is 8.72. The molecule has 2 rings (SSSR count). The maximum absolute atomic E-state index is 12.1. The molecule has 0 saturated heterocycles. The van der Waals surface area contributed by atoms with Gasteiger partial charge in [0.15, 0.2) is 0 Å². The van der Waals surface area contributed by atoms with Gasteiger partial charge in [0.25, 0.3) is 5.91 Å². The Kier molecular flexibility index (Phi) is 4.09. The van der Waals surface area contributed by atoms with Gasteiger partial charge in [-0.2, -0.15) is 0 Å². The predicted molar refractivity (Wildman–Crippen MR) is 67.7 cm³/mol. The molecule has 1 aliphatic heterocycles. The molecule has 1 aliphatic rings. The summed E-state index contributed by atoms with van der Waals surface area (Å²) in [4.78, 5) is 29.3. The molecule has 0 aliphatic carbocycles. The van der Waals surface area contributed by atoms with Crippen molar-refractivity contribution in [3.8, 4) is 0 Å². The number of ether oxygens (including phenoxy) is 1. The summed E-state index contributed by atoms with van der Waals surface area (Å²) >= 11 is 1.14. The molecule has 0 unspecified atom stereocenters. The van der Waals surface area contributed by atoms with Crippen LogP contribution in [-0.4, -0.2) is 41.5 Å². The smallest absolute Gasteiger partial charge is 0.367 e. The van der Waals surface area contributed by atoms with Crippen molar-refractivity contribution in [2.45, 2.75) is 13.3 Å². The molecule has 0 radical (unpaired) electrons. The van der Waals surface area contributed by atoms with E-state index in [1.807, 2.05) is 6.08 Å². The van der Waals surface area contributed by atoms with Gasteiger partial charge in [-0.1, -0.05) is 12.2 Å². The van der Waals surface area contributed by atoms with E-state index in [-0.39, 0.29) is 10.9 Å². The Morgan fingerprint density at radius 1 is 1.50 bits per heavy atom. The van der Waals surface area contributed by atoms with Crippen LogP contribution in [-0.2, 0) is 4.74 Å². The number of aromatic nitrogens is 1. The van der Waals surface area contributed by atoms with Gasteiger partial charge in [0.05, 0.1) is 6.61 Å². The van der Waals surface area contributed by atoms with Gasteiger partial charge in [0.2, 0.25) is 5.01 Å². The van der Waals surface area contributed by atoms with Crippen LogP contribution in [0.5, 0.6) is 0 Å². The number of rotatable bonds is 3. The van der Waals surface area contributed by atoms with Gasteiger partial charge in [-0.05, 0) is 13.3 Å². The Bertz CT molecular complexity index is 481. The van der Waals surface area contributed by atoms with Gasteiger partial charge >= 0.3 is 5.97 Å². The molecule has 0 atom stereocenters. The fourth-order valence-electron chi connectivity index (χ4n) is 1.65. The predicted octanol–water partition coefficient (Wildman–Crippen LogP) is 1.72. The molecule has 0 spiro atoms. The lowest BCUT2D eigenvalue weighted by atomic mass is 10.2. The number of carbonyl (C=O) groups excluding carboxylic acids is 2. The minimum atomic E-state index is -0.472. The Labute approximate surface area is 109 Å². The summed E-state index contributed by atoms with van der Waals surface area (Å²) in [5.41, 5.74) is 0.318. The third kappa shape index (κ3) is 2.76. The van der Waals surface area contributed by atoms with Gasteiger partial charge < -0.3 is 9.64 Å². The average molecular weight is 266 g/mol. The van der Waals surface area contributed by atoms with Crippen molar-refractivity contribution in [2.75, 3.05) is 19.7 Å². The van der Waals surface area contributed by atoms with Crippen LogP contribution in [0.3, 0.4) is 0 Å². The van der Waals surface area contributed by atoms with Crippen molar-refractivity contribution < 1.29 is 14.3 Å². The van der Waals surface area contributed by atoms with Crippen LogP contribution in [0.2, 0.25) is 0 Å². The number of esters is 1. The standard InChI is InChI=1S/C12H14N2O3S/c1-2-17-12(16)10-13-9(8-18-10)11(15)14-6-4-3-5-7-14/h3-4,8H,2,5-7H2,1H3. The van der Waals surface area contributed by atoms with Crippen molar-refractivity contribution >= 4 is 23.2 Å². The number of hydrogen-bond donors (Lipinski definition) is 0. The molecule has 0 aromatic carbocycles. The van der Waals surface area contributed by atoms with E-state index in [1.54, 1.807) is 17.2 Å². The third-order valence-electron chi connectivity index (χ3n) is 2.52. The van der Waals surface area contributed by atoms with Crippen molar-refractivity contribution in [1.82, 2.24) is 9.88 Å². The highest BCUT2D eigenvalue weighted by molar-refractivity contribution is 7.11. The van der Waals surface area contributed by atoms with Crippen LogP contribution in [0.1, 0.15) is 33.6 Å². The summed E-state index contributed by atoms with van der Waals surface area (Å²) in [5.74, 6) is -0.605. The number of amides is 1. The van der Waals surface area contributed by atoms with Crippen LogP contribution in [0, 0.1) is 0 Å². The van der Waals surface area contributed by atoms with Crippen LogP contribution in [0.4, 0.5) is 0 Å². The van der Waals surface area contributed by atoms with Gasteiger partial charge in [0, 0.05) is 18.5 Å². The third-order valence-corrected chi connectivity index (χ3v) is 3.34. The fraction of sp³-hybridized carbons (Fsp3) is 0.417. The van der Waals surface area contributed by atoms with Crippen molar-refractivity contribution in [2.24, 2.45) is 0 Å². The monoisotopic (exact) mass is 266 g/mol. The zero-order valence-corrected chi connectivity index (χ0v) is 10.9. The first-order valence-electron chi connectivity index (χ1n) is 5.79.